The van der Waals surface area contributed by atoms with Gasteiger partial charge in [0, 0.05) is 11.3 Å². The van der Waals surface area contributed by atoms with Crippen molar-refractivity contribution in [3.8, 4) is 17.2 Å². The van der Waals surface area contributed by atoms with E-state index >= 15 is 0 Å². The largest absolute Gasteiger partial charge is 0.493 e. The zero-order valence-corrected chi connectivity index (χ0v) is 17.7. The highest BCUT2D eigenvalue weighted by molar-refractivity contribution is 7.13. The molecule has 9 nitrogen and oxygen atoms in total. The fourth-order valence-electron chi connectivity index (χ4n) is 2.64. The molecule has 0 fully saturated rings. The lowest BCUT2D eigenvalue weighted by molar-refractivity contribution is 0.0949. The standard InChI is InChI=1S/C20H19FN4O5S/c1-28-14-7-11(8-15(29-2)17(14)30-3)18(26)22-10-16-24-25-20(31-16)19(27)23-13-6-4-5-12(21)9-13/h4-9H,10H2,1-3H3,(H,22,26)(H,23,27). The Hall–Kier alpha value is -3.73. The lowest BCUT2D eigenvalue weighted by atomic mass is 10.1. The number of nitrogens with zero attached hydrogens (tertiary/aromatic N) is 2. The zero-order chi connectivity index (χ0) is 22.4. The van der Waals surface area contributed by atoms with E-state index in [1.807, 2.05) is 0 Å². The van der Waals surface area contributed by atoms with Crippen LogP contribution in [0.3, 0.4) is 0 Å². The fraction of sp³-hybridized carbons (Fsp3) is 0.200. The van der Waals surface area contributed by atoms with Gasteiger partial charge in [-0.1, -0.05) is 17.4 Å². The lowest BCUT2D eigenvalue weighted by Gasteiger charge is -2.13. The predicted octanol–water partition coefficient (Wildman–Crippen LogP) is 2.89. The van der Waals surface area contributed by atoms with E-state index in [1.165, 1.54) is 51.7 Å². The van der Waals surface area contributed by atoms with Gasteiger partial charge in [-0.15, -0.1) is 10.2 Å². The van der Waals surface area contributed by atoms with Crippen molar-refractivity contribution in [2.75, 3.05) is 26.6 Å². The van der Waals surface area contributed by atoms with Gasteiger partial charge in [0.2, 0.25) is 10.8 Å². The highest BCUT2D eigenvalue weighted by Crippen LogP contribution is 2.38. The second-order valence-electron chi connectivity index (χ2n) is 6.06. The Balaban J connectivity index is 1.65. The molecule has 0 spiro atoms. The third-order valence-corrected chi connectivity index (χ3v) is 4.99. The number of nitrogens with one attached hydrogen (secondary N) is 2. The maximum atomic E-state index is 13.2. The summed E-state index contributed by atoms with van der Waals surface area (Å²) in [5, 5.41) is 13.5. The quantitative estimate of drug-likeness (QED) is 0.547. The number of carbonyl (C=O) groups is 2. The van der Waals surface area contributed by atoms with Gasteiger partial charge in [-0.3, -0.25) is 9.59 Å². The first kappa shape index (κ1) is 22.0. The number of benzene rings is 2. The lowest BCUT2D eigenvalue weighted by Crippen LogP contribution is -2.22. The third-order valence-electron chi connectivity index (χ3n) is 4.07. The first-order valence-electron chi connectivity index (χ1n) is 8.92. The van der Waals surface area contributed by atoms with Crippen molar-refractivity contribution in [2.45, 2.75) is 6.54 Å². The van der Waals surface area contributed by atoms with Crippen LogP contribution in [0.4, 0.5) is 10.1 Å². The van der Waals surface area contributed by atoms with Crippen LogP contribution in [0.1, 0.15) is 25.2 Å². The second kappa shape index (κ2) is 9.85. The van der Waals surface area contributed by atoms with E-state index < -0.39 is 17.6 Å². The molecule has 2 aromatic carbocycles. The molecule has 162 valence electrons. The molecule has 1 aromatic heterocycles. The van der Waals surface area contributed by atoms with Gasteiger partial charge in [-0.2, -0.15) is 0 Å². The van der Waals surface area contributed by atoms with Gasteiger partial charge in [0.05, 0.1) is 27.9 Å². The van der Waals surface area contributed by atoms with E-state index in [-0.39, 0.29) is 11.6 Å². The summed E-state index contributed by atoms with van der Waals surface area (Å²) >= 11 is 1.01. The number of aromatic nitrogens is 2. The van der Waals surface area contributed by atoms with Gasteiger partial charge < -0.3 is 24.8 Å². The Morgan fingerprint density at radius 2 is 1.71 bits per heavy atom. The van der Waals surface area contributed by atoms with Crippen LogP contribution in [-0.2, 0) is 6.54 Å². The molecule has 3 rings (SSSR count). The molecule has 0 radical (unpaired) electrons. The molecule has 2 amide bonds. The van der Waals surface area contributed by atoms with Crippen molar-refractivity contribution in [1.82, 2.24) is 15.5 Å². The van der Waals surface area contributed by atoms with E-state index in [2.05, 4.69) is 20.8 Å². The molecular weight excluding hydrogens is 427 g/mol. The normalized spacial score (nSPS) is 10.3. The first-order valence-corrected chi connectivity index (χ1v) is 9.74. The Bertz CT molecular complexity index is 1080. The molecule has 0 atom stereocenters. The summed E-state index contributed by atoms with van der Waals surface area (Å²) in [6, 6.07) is 8.55. The minimum absolute atomic E-state index is 0.0560. The summed E-state index contributed by atoms with van der Waals surface area (Å²) in [6.45, 7) is 0.0560. The van der Waals surface area contributed by atoms with Crippen LogP contribution in [0, 0.1) is 5.82 Å². The van der Waals surface area contributed by atoms with Gasteiger partial charge in [0.15, 0.2) is 11.5 Å². The number of hydrogen-bond acceptors (Lipinski definition) is 8. The molecule has 0 aliphatic heterocycles. The van der Waals surface area contributed by atoms with Gasteiger partial charge in [-0.05, 0) is 30.3 Å². The van der Waals surface area contributed by atoms with E-state index in [0.717, 1.165) is 11.3 Å². The van der Waals surface area contributed by atoms with Crippen LogP contribution in [0.5, 0.6) is 17.2 Å². The Labute approximate surface area is 181 Å². The van der Waals surface area contributed by atoms with Crippen molar-refractivity contribution in [2.24, 2.45) is 0 Å². The highest BCUT2D eigenvalue weighted by atomic mass is 32.1. The maximum Gasteiger partial charge on any atom is 0.286 e. The van der Waals surface area contributed by atoms with Crippen LogP contribution < -0.4 is 24.8 Å². The number of ether oxygens (including phenoxy) is 3. The Morgan fingerprint density at radius 1 is 1.00 bits per heavy atom. The monoisotopic (exact) mass is 446 g/mol. The van der Waals surface area contributed by atoms with Gasteiger partial charge >= 0.3 is 0 Å². The molecule has 2 N–H and O–H groups in total. The molecule has 1 heterocycles. The van der Waals surface area contributed by atoms with E-state index in [4.69, 9.17) is 14.2 Å². The molecule has 3 aromatic rings. The number of rotatable bonds is 8. The Morgan fingerprint density at radius 3 is 2.32 bits per heavy atom. The van der Waals surface area contributed by atoms with Crippen LogP contribution in [0.25, 0.3) is 0 Å². The molecule has 0 aliphatic rings. The van der Waals surface area contributed by atoms with Gasteiger partial charge in [0.25, 0.3) is 11.8 Å². The van der Waals surface area contributed by atoms with Crippen molar-refractivity contribution in [3.05, 3.63) is 57.8 Å². The van der Waals surface area contributed by atoms with Crippen molar-refractivity contribution >= 4 is 28.8 Å². The number of hydrogen-bond donors (Lipinski definition) is 2. The van der Waals surface area contributed by atoms with Crippen LogP contribution in [0.2, 0.25) is 0 Å². The summed E-state index contributed by atoms with van der Waals surface area (Å²) in [6.07, 6.45) is 0. The fourth-order valence-corrected chi connectivity index (χ4v) is 3.31. The van der Waals surface area contributed by atoms with Crippen LogP contribution >= 0.6 is 11.3 Å². The molecule has 0 aliphatic carbocycles. The summed E-state index contributed by atoms with van der Waals surface area (Å²) in [5.41, 5.74) is 0.598. The van der Waals surface area contributed by atoms with Crippen LogP contribution in [0.15, 0.2) is 36.4 Å². The SMILES string of the molecule is COc1cc(C(=O)NCc2nnc(C(=O)Nc3cccc(F)c3)s2)cc(OC)c1OC. The molecule has 0 unspecified atom stereocenters. The number of carbonyl (C=O) groups excluding carboxylic acids is 2. The summed E-state index contributed by atoms with van der Waals surface area (Å²) in [5.74, 6) is -0.325. The second-order valence-corrected chi connectivity index (χ2v) is 7.12. The molecule has 0 saturated carbocycles. The minimum atomic E-state index is -0.523. The predicted molar refractivity (Wildman–Crippen MR) is 112 cm³/mol. The highest BCUT2D eigenvalue weighted by Gasteiger charge is 2.18. The molecule has 0 bridgehead atoms. The summed E-state index contributed by atoms with van der Waals surface area (Å²) in [4.78, 5) is 24.8. The number of methoxy groups -OCH3 is 3. The zero-order valence-electron chi connectivity index (χ0n) is 16.9. The molecule has 0 saturated heterocycles. The van der Waals surface area contributed by atoms with Crippen LogP contribution in [-0.4, -0.2) is 43.3 Å². The van der Waals surface area contributed by atoms with E-state index in [9.17, 15) is 14.0 Å². The van der Waals surface area contributed by atoms with Crippen molar-refractivity contribution in [1.29, 1.82) is 0 Å². The topological polar surface area (TPSA) is 112 Å². The first-order chi connectivity index (χ1) is 14.9. The van der Waals surface area contributed by atoms with Crippen molar-refractivity contribution < 1.29 is 28.2 Å². The average molecular weight is 446 g/mol. The summed E-state index contributed by atoms with van der Waals surface area (Å²) in [7, 11) is 4.38. The van der Waals surface area contributed by atoms with Gasteiger partial charge in [-0.25, -0.2) is 4.39 Å². The summed E-state index contributed by atoms with van der Waals surface area (Å²) < 4.78 is 29.0. The van der Waals surface area contributed by atoms with E-state index in [1.54, 1.807) is 6.07 Å². The smallest absolute Gasteiger partial charge is 0.286 e. The van der Waals surface area contributed by atoms with E-state index in [0.29, 0.717) is 33.5 Å². The number of halogens is 1. The molecular formula is C20H19FN4O5S. The van der Waals surface area contributed by atoms with Gasteiger partial charge in [0.1, 0.15) is 10.8 Å². The number of amides is 2. The average Bonchev–Trinajstić information content (AvgIpc) is 3.25. The number of anilines is 1. The minimum Gasteiger partial charge on any atom is -0.493 e. The third kappa shape index (κ3) is 5.25. The molecule has 31 heavy (non-hydrogen) atoms. The van der Waals surface area contributed by atoms with Crippen molar-refractivity contribution in [3.63, 3.8) is 0 Å². The maximum absolute atomic E-state index is 13.2. The molecule has 11 heteroatoms. The Kier molecular flexibility index (Phi) is 6.98.